The van der Waals surface area contributed by atoms with E-state index in [1.54, 1.807) is 12.1 Å². The Morgan fingerprint density at radius 1 is 1.19 bits per heavy atom. The lowest BCUT2D eigenvalue weighted by molar-refractivity contribution is 0.631. The van der Waals surface area contributed by atoms with Crippen LogP contribution in [0.25, 0.3) is 21.8 Å². The molecule has 0 aliphatic rings. The maximum absolute atomic E-state index is 14.0. The van der Waals surface area contributed by atoms with Crippen molar-refractivity contribution in [3.05, 3.63) is 64.2 Å². The van der Waals surface area contributed by atoms with Gasteiger partial charge in [0.25, 0.3) is 0 Å². The van der Waals surface area contributed by atoms with E-state index in [9.17, 15) is 4.39 Å². The first kappa shape index (κ1) is 14.2. The van der Waals surface area contributed by atoms with Crippen molar-refractivity contribution in [2.45, 2.75) is 6.54 Å². The van der Waals surface area contributed by atoms with Crippen molar-refractivity contribution >= 4 is 22.9 Å². The Hall–Kier alpha value is -1.75. The van der Waals surface area contributed by atoms with Gasteiger partial charge in [0.2, 0.25) is 0 Å². The summed E-state index contributed by atoms with van der Waals surface area (Å²) < 4.78 is 14.0. The Morgan fingerprint density at radius 3 is 2.81 bits per heavy atom. The first-order chi connectivity index (χ1) is 10.2. The number of rotatable bonds is 3. The Balaban J connectivity index is 2.01. The van der Waals surface area contributed by atoms with E-state index in [1.807, 2.05) is 29.6 Å². The third kappa shape index (κ3) is 2.83. The number of hydrogen-bond donors (Lipinski definition) is 1. The lowest BCUT2D eigenvalue weighted by Gasteiger charge is -2.01. The topological polar surface area (TPSA) is 38.9 Å². The van der Waals surface area contributed by atoms with Crippen molar-refractivity contribution in [1.29, 1.82) is 0 Å². The summed E-state index contributed by atoms with van der Waals surface area (Å²) in [5.41, 5.74) is 8.89. The Bertz CT molecular complexity index is 785. The van der Waals surface area contributed by atoms with Crippen LogP contribution in [0, 0.1) is 5.82 Å². The monoisotopic (exact) mass is 318 g/mol. The van der Waals surface area contributed by atoms with Gasteiger partial charge in [-0.05, 0) is 23.8 Å². The van der Waals surface area contributed by atoms with Crippen LogP contribution in [0.15, 0.2) is 47.8 Å². The second kappa shape index (κ2) is 5.93. The SMILES string of the molecule is NCc1cccc(-c2csc(-c3cccc(Cl)c3F)n2)c1. The predicted molar refractivity (Wildman–Crippen MR) is 85.8 cm³/mol. The van der Waals surface area contributed by atoms with Gasteiger partial charge in [-0.15, -0.1) is 11.3 Å². The largest absolute Gasteiger partial charge is 0.326 e. The summed E-state index contributed by atoms with van der Waals surface area (Å²) in [6.07, 6.45) is 0. The minimum Gasteiger partial charge on any atom is -0.326 e. The van der Waals surface area contributed by atoms with Gasteiger partial charge >= 0.3 is 0 Å². The molecule has 0 amide bonds. The van der Waals surface area contributed by atoms with Crippen molar-refractivity contribution in [3.63, 3.8) is 0 Å². The number of nitrogens with two attached hydrogens (primary N) is 1. The molecule has 3 aromatic rings. The molecule has 0 atom stereocenters. The van der Waals surface area contributed by atoms with Crippen molar-refractivity contribution in [1.82, 2.24) is 4.98 Å². The highest BCUT2D eigenvalue weighted by Gasteiger charge is 2.13. The maximum atomic E-state index is 14.0. The summed E-state index contributed by atoms with van der Waals surface area (Å²) >= 11 is 7.21. The molecule has 2 aromatic carbocycles. The molecule has 0 saturated carbocycles. The van der Waals surface area contributed by atoms with Crippen molar-refractivity contribution in [3.8, 4) is 21.8 Å². The number of nitrogens with zero attached hydrogens (tertiary/aromatic N) is 1. The van der Waals surface area contributed by atoms with Crippen LogP contribution in [0.1, 0.15) is 5.56 Å². The highest BCUT2D eigenvalue weighted by Crippen LogP contribution is 2.32. The van der Waals surface area contributed by atoms with E-state index in [1.165, 1.54) is 17.4 Å². The van der Waals surface area contributed by atoms with Crippen LogP contribution in [0.4, 0.5) is 4.39 Å². The van der Waals surface area contributed by atoms with E-state index in [0.717, 1.165) is 16.8 Å². The van der Waals surface area contributed by atoms with E-state index < -0.39 is 5.82 Å². The first-order valence-electron chi connectivity index (χ1n) is 6.38. The van der Waals surface area contributed by atoms with Gasteiger partial charge in [0.1, 0.15) is 5.01 Å². The number of thiazole rings is 1. The Kier molecular flexibility index (Phi) is 4.01. The van der Waals surface area contributed by atoms with E-state index in [2.05, 4.69) is 4.98 Å². The predicted octanol–water partition coefficient (Wildman–Crippen LogP) is 4.73. The summed E-state index contributed by atoms with van der Waals surface area (Å²) in [6.45, 7) is 0.480. The fraction of sp³-hybridized carbons (Fsp3) is 0.0625. The Morgan fingerprint density at radius 2 is 2.00 bits per heavy atom. The molecule has 0 bridgehead atoms. The second-order valence-electron chi connectivity index (χ2n) is 4.54. The van der Waals surface area contributed by atoms with Crippen LogP contribution >= 0.6 is 22.9 Å². The van der Waals surface area contributed by atoms with Gasteiger partial charge in [0, 0.05) is 23.1 Å². The van der Waals surface area contributed by atoms with E-state index >= 15 is 0 Å². The molecule has 21 heavy (non-hydrogen) atoms. The van der Waals surface area contributed by atoms with Gasteiger partial charge in [-0.3, -0.25) is 0 Å². The molecule has 0 saturated heterocycles. The quantitative estimate of drug-likeness (QED) is 0.758. The number of hydrogen-bond acceptors (Lipinski definition) is 3. The summed E-state index contributed by atoms with van der Waals surface area (Å²) in [5, 5.41) is 2.63. The molecular weight excluding hydrogens is 307 g/mol. The van der Waals surface area contributed by atoms with Crippen LogP contribution in [-0.2, 0) is 6.54 Å². The zero-order chi connectivity index (χ0) is 14.8. The number of benzene rings is 2. The zero-order valence-electron chi connectivity index (χ0n) is 11.0. The van der Waals surface area contributed by atoms with Crippen molar-refractivity contribution in [2.24, 2.45) is 5.73 Å². The Labute approximate surface area is 131 Å². The van der Waals surface area contributed by atoms with Gasteiger partial charge in [0.15, 0.2) is 5.82 Å². The normalized spacial score (nSPS) is 10.8. The minimum atomic E-state index is -0.434. The van der Waals surface area contributed by atoms with Gasteiger partial charge < -0.3 is 5.73 Å². The van der Waals surface area contributed by atoms with Gasteiger partial charge in [-0.25, -0.2) is 9.37 Å². The number of halogens is 2. The second-order valence-corrected chi connectivity index (χ2v) is 5.81. The molecule has 0 radical (unpaired) electrons. The van der Waals surface area contributed by atoms with Crippen LogP contribution in [0.2, 0.25) is 5.02 Å². The highest BCUT2D eigenvalue weighted by molar-refractivity contribution is 7.13. The molecule has 0 spiro atoms. The lowest BCUT2D eigenvalue weighted by atomic mass is 10.1. The molecule has 5 heteroatoms. The summed E-state index contributed by atoms with van der Waals surface area (Å²) in [5.74, 6) is -0.434. The average molecular weight is 319 g/mol. The molecule has 1 aromatic heterocycles. The maximum Gasteiger partial charge on any atom is 0.152 e. The third-order valence-electron chi connectivity index (χ3n) is 3.14. The molecule has 1 heterocycles. The molecule has 0 aliphatic carbocycles. The molecule has 0 unspecified atom stereocenters. The minimum absolute atomic E-state index is 0.106. The van der Waals surface area contributed by atoms with Crippen LogP contribution in [0.5, 0.6) is 0 Å². The fourth-order valence-corrected chi connectivity index (χ4v) is 3.08. The van der Waals surface area contributed by atoms with Crippen LogP contribution < -0.4 is 5.73 Å². The summed E-state index contributed by atoms with van der Waals surface area (Å²) in [6, 6.07) is 12.8. The average Bonchev–Trinajstić information content (AvgIpc) is 3.00. The van der Waals surface area contributed by atoms with E-state index in [-0.39, 0.29) is 5.02 Å². The van der Waals surface area contributed by atoms with Gasteiger partial charge in [0.05, 0.1) is 10.7 Å². The molecule has 0 aliphatic heterocycles. The van der Waals surface area contributed by atoms with Crippen LogP contribution in [-0.4, -0.2) is 4.98 Å². The summed E-state index contributed by atoms with van der Waals surface area (Å²) in [4.78, 5) is 4.51. The van der Waals surface area contributed by atoms with Crippen LogP contribution in [0.3, 0.4) is 0 Å². The van der Waals surface area contributed by atoms with Gasteiger partial charge in [-0.1, -0.05) is 35.9 Å². The standard InChI is InChI=1S/C16H12ClFN2S/c17-13-6-2-5-12(15(13)18)16-20-14(9-21-16)11-4-1-3-10(7-11)8-19/h1-7,9H,8,19H2. The lowest BCUT2D eigenvalue weighted by Crippen LogP contribution is -1.95. The van der Waals surface area contributed by atoms with Crippen molar-refractivity contribution in [2.75, 3.05) is 0 Å². The molecule has 106 valence electrons. The molecular formula is C16H12ClFN2S. The van der Waals surface area contributed by atoms with Crippen molar-refractivity contribution < 1.29 is 4.39 Å². The summed E-state index contributed by atoms with van der Waals surface area (Å²) in [7, 11) is 0. The molecule has 2 N–H and O–H groups in total. The van der Waals surface area contributed by atoms with E-state index in [0.29, 0.717) is 17.1 Å². The zero-order valence-corrected chi connectivity index (χ0v) is 12.6. The number of aromatic nitrogens is 1. The van der Waals surface area contributed by atoms with E-state index in [4.69, 9.17) is 17.3 Å². The first-order valence-corrected chi connectivity index (χ1v) is 7.64. The highest BCUT2D eigenvalue weighted by atomic mass is 35.5. The smallest absolute Gasteiger partial charge is 0.152 e. The molecule has 0 fully saturated rings. The third-order valence-corrected chi connectivity index (χ3v) is 4.31. The molecule has 3 rings (SSSR count). The fourth-order valence-electron chi connectivity index (χ4n) is 2.06. The molecule has 2 nitrogen and oxygen atoms in total. The van der Waals surface area contributed by atoms with Gasteiger partial charge in [-0.2, -0.15) is 0 Å².